The van der Waals surface area contributed by atoms with Gasteiger partial charge >= 0.3 is 5.97 Å². The van der Waals surface area contributed by atoms with Gasteiger partial charge in [0.1, 0.15) is 16.3 Å². The van der Waals surface area contributed by atoms with Crippen LogP contribution in [0, 0.1) is 0 Å². The number of carbonyl (C=O) groups is 1. The van der Waals surface area contributed by atoms with Gasteiger partial charge in [-0.15, -0.1) is 4.73 Å². The molecule has 0 spiro atoms. The van der Waals surface area contributed by atoms with E-state index in [9.17, 15) is 66.9 Å². The van der Waals surface area contributed by atoms with E-state index >= 15 is 0 Å². The second-order valence-corrected chi connectivity index (χ2v) is 23.4. The fraction of sp³-hybridized carbons (Fsp3) is 0.319. The van der Waals surface area contributed by atoms with Gasteiger partial charge in [-0.25, -0.2) is 4.79 Å². The number of carbonyl (C=O) groups excluding carboxylic acids is 1. The van der Waals surface area contributed by atoms with Crippen molar-refractivity contribution >= 4 is 85.1 Å². The first kappa shape index (κ1) is 52.9. The van der Waals surface area contributed by atoms with Crippen LogP contribution >= 0.6 is 0 Å². The highest BCUT2D eigenvalue weighted by atomic mass is 32.2. The summed E-state index contributed by atoms with van der Waals surface area (Å²) in [6.45, 7) is 8.40. The summed E-state index contributed by atoms with van der Waals surface area (Å²) in [5.74, 6) is -1.65. The number of aromatic nitrogens is 1. The van der Waals surface area contributed by atoms with Gasteiger partial charge in [0.15, 0.2) is 5.71 Å². The number of unbranched alkanes of at least 4 members (excludes halogenated alkanes) is 2. The number of rotatable bonds is 18. The van der Waals surface area contributed by atoms with Gasteiger partial charge in [-0.05, 0) is 106 Å². The van der Waals surface area contributed by atoms with Crippen molar-refractivity contribution in [1.82, 2.24) is 4.73 Å². The first-order chi connectivity index (χ1) is 33.0. The molecule has 380 valence electrons. The Kier molecular flexibility index (Phi) is 14.3. The zero-order chi connectivity index (χ0) is 52.2. The van der Waals surface area contributed by atoms with E-state index < -0.39 is 88.6 Å². The molecule has 1 atom stereocenters. The largest absolute Gasteiger partial charge is 0.492 e. The molecule has 20 nitrogen and oxygen atoms in total. The SMILES string of the molecule is CC[N+]1=C(C=CC=CC=C2N(CCCCCC(=O)On3c(O)ccc3O)c3ccc4c(S(=O)(=O)O)cc(S(=O)(=O)O)cc4c3C2(C)CCOC)C(C)(C)c2c1ccc1c(S(=O)(=O)O)cc(S(=O)(=O)O)cc21. The van der Waals surface area contributed by atoms with E-state index in [0.717, 1.165) is 23.9 Å². The summed E-state index contributed by atoms with van der Waals surface area (Å²) in [5, 5.41) is 20.1. The van der Waals surface area contributed by atoms with Crippen LogP contribution in [0.25, 0.3) is 21.5 Å². The summed E-state index contributed by atoms with van der Waals surface area (Å²) in [6, 6.07) is 12.3. The van der Waals surface area contributed by atoms with Gasteiger partial charge in [0, 0.05) is 84.1 Å². The number of anilines is 1. The predicted octanol–water partition coefficient (Wildman–Crippen LogP) is 6.62. The Morgan fingerprint density at radius 3 is 1.79 bits per heavy atom. The molecule has 0 amide bonds. The van der Waals surface area contributed by atoms with Crippen LogP contribution < -0.4 is 9.74 Å². The molecule has 0 saturated carbocycles. The summed E-state index contributed by atoms with van der Waals surface area (Å²) in [7, 11) is -18.4. The molecule has 24 heteroatoms. The van der Waals surface area contributed by atoms with Gasteiger partial charge in [0.25, 0.3) is 40.5 Å². The van der Waals surface area contributed by atoms with Crippen molar-refractivity contribution < 1.29 is 81.0 Å². The molecule has 0 bridgehead atoms. The Bertz CT molecular complexity index is 3590. The van der Waals surface area contributed by atoms with Crippen LogP contribution in [0.5, 0.6) is 11.8 Å². The highest BCUT2D eigenvalue weighted by molar-refractivity contribution is 7.87. The minimum atomic E-state index is -5.03. The molecular formula is C47H52N3O17S4+. The molecule has 0 fully saturated rings. The number of hydrogen-bond donors (Lipinski definition) is 6. The van der Waals surface area contributed by atoms with E-state index in [0.29, 0.717) is 77.4 Å². The second kappa shape index (κ2) is 19.2. The Labute approximate surface area is 410 Å². The van der Waals surface area contributed by atoms with Crippen molar-refractivity contribution in [1.29, 1.82) is 0 Å². The summed E-state index contributed by atoms with van der Waals surface area (Å²) in [5.41, 5.74) is 1.65. The van der Waals surface area contributed by atoms with E-state index in [1.54, 1.807) is 30.4 Å². The van der Waals surface area contributed by atoms with E-state index in [-0.39, 0.29) is 41.0 Å². The quantitative estimate of drug-likeness (QED) is 0.0233. The number of ether oxygens (including phenoxy) is 1. The number of methoxy groups -OCH3 is 1. The van der Waals surface area contributed by atoms with Crippen molar-refractivity contribution in [2.45, 2.75) is 90.2 Å². The molecule has 1 unspecified atom stereocenters. The smallest absolute Gasteiger partial charge is 0.333 e. The topological polar surface area (TPSA) is 305 Å². The highest BCUT2D eigenvalue weighted by Gasteiger charge is 2.47. The summed E-state index contributed by atoms with van der Waals surface area (Å²) in [6.07, 6.45) is 10.4. The number of fused-ring (bicyclic) bond motifs is 6. The molecule has 3 heterocycles. The van der Waals surface area contributed by atoms with E-state index in [1.165, 1.54) is 25.3 Å². The van der Waals surface area contributed by atoms with Crippen LogP contribution in [-0.4, -0.2) is 110 Å². The van der Waals surface area contributed by atoms with E-state index in [1.807, 2.05) is 49.3 Å². The normalized spacial score (nSPS) is 17.9. The van der Waals surface area contributed by atoms with Crippen molar-refractivity contribution in [2.24, 2.45) is 0 Å². The Balaban J connectivity index is 1.29. The van der Waals surface area contributed by atoms with Gasteiger partial charge in [0.05, 0.1) is 15.2 Å². The van der Waals surface area contributed by atoms with E-state index in [4.69, 9.17) is 9.57 Å². The van der Waals surface area contributed by atoms with Gasteiger partial charge in [0.2, 0.25) is 17.4 Å². The van der Waals surface area contributed by atoms with Gasteiger partial charge in [-0.1, -0.05) is 30.7 Å². The number of nitrogens with zero attached hydrogens (tertiary/aromatic N) is 3. The number of aromatic hydroxyl groups is 2. The molecule has 4 aromatic carbocycles. The Hall–Kier alpha value is -5.96. The molecule has 5 aromatic rings. The predicted molar refractivity (Wildman–Crippen MR) is 261 cm³/mol. The molecule has 0 radical (unpaired) electrons. The molecular weight excluding hydrogens is 1010 g/mol. The summed E-state index contributed by atoms with van der Waals surface area (Å²) >= 11 is 0. The maximum Gasteiger partial charge on any atom is 0.333 e. The molecule has 6 N–H and O–H groups in total. The van der Waals surface area contributed by atoms with E-state index in [2.05, 4.69) is 0 Å². The molecule has 0 aliphatic carbocycles. The highest BCUT2D eigenvalue weighted by Crippen LogP contribution is 2.54. The molecule has 7 rings (SSSR count). The molecule has 0 saturated heterocycles. The van der Waals surface area contributed by atoms with Crippen LogP contribution in [-0.2, 0) is 60.8 Å². The van der Waals surface area contributed by atoms with Gasteiger partial charge in [-0.2, -0.15) is 38.2 Å². The first-order valence-corrected chi connectivity index (χ1v) is 27.7. The van der Waals surface area contributed by atoms with Crippen LogP contribution in [0.3, 0.4) is 0 Å². The fourth-order valence-electron chi connectivity index (χ4n) is 9.72. The first-order valence-electron chi connectivity index (χ1n) is 22.0. The summed E-state index contributed by atoms with van der Waals surface area (Å²) in [4.78, 5) is 16.7. The minimum Gasteiger partial charge on any atom is -0.492 e. The fourth-order valence-corrected chi connectivity index (χ4v) is 12.4. The Morgan fingerprint density at radius 2 is 1.25 bits per heavy atom. The Morgan fingerprint density at radius 1 is 0.690 bits per heavy atom. The number of benzene rings is 4. The van der Waals surface area contributed by atoms with Crippen LogP contribution in [0.15, 0.2) is 116 Å². The lowest BCUT2D eigenvalue weighted by Crippen LogP contribution is -2.30. The minimum absolute atomic E-state index is 0.00544. The number of allylic oxidation sites excluding steroid dienone is 6. The molecule has 1 aromatic heterocycles. The van der Waals surface area contributed by atoms with Crippen LogP contribution in [0.2, 0.25) is 0 Å². The van der Waals surface area contributed by atoms with Crippen molar-refractivity contribution in [3.05, 3.63) is 108 Å². The van der Waals surface area contributed by atoms with Gasteiger partial charge < -0.3 is 24.7 Å². The molecule has 2 aliphatic heterocycles. The molecule has 71 heavy (non-hydrogen) atoms. The van der Waals surface area contributed by atoms with Crippen molar-refractivity contribution in [2.75, 3.05) is 31.7 Å². The van der Waals surface area contributed by atoms with Crippen molar-refractivity contribution in [3.8, 4) is 11.8 Å². The van der Waals surface area contributed by atoms with Crippen LogP contribution in [0.1, 0.15) is 70.9 Å². The second-order valence-electron chi connectivity index (χ2n) is 17.7. The van der Waals surface area contributed by atoms with Crippen molar-refractivity contribution in [3.63, 3.8) is 0 Å². The third-order valence-corrected chi connectivity index (χ3v) is 16.4. The zero-order valence-electron chi connectivity index (χ0n) is 39.0. The summed E-state index contributed by atoms with van der Waals surface area (Å²) < 4.78 is 149. The third-order valence-electron chi connectivity index (χ3n) is 12.9. The lowest BCUT2D eigenvalue weighted by Gasteiger charge is -2.30. The molecule has 2 aliphatic rings. The zero-order valence-corrected chi connectivity index (χ0v) is 42.2. The van der Waals surface area contributed by atoms with Crippen LogP contribution in [0.4, 0.5) is 11.4 Å². The van der Waals surface area contributed by atoms with Gasteiger partial charge in [-0.3, -0.25) is 18.2 Å². The maximum atomic E-state index is 12.8. The third kappa shape index (κ3) is 10.1. The average molecular weight is 1060 g/mol. The monoisotopic (exact) mass is 1060 g/mol. The lowest BCUT2D eigenvalue weighted by atomic mass is 9.76. The number of hydrogen-bond acceptors (Lipinski definition) is 14. The standard InChI is InChI=1S/C47H51N3O17S4/c1-6-48-35-18-16-31-33(25-29(68(54,55)56)27-37(31)70(60,61)62)44(35)46(2,3)39(48)13-9-7-10-14-40-47(4,22-24-66-5)45-34-26-30(69(57,58)59)28-38(71(63,64)65)32(34)17-19-36(45)49(40)23-12-8-11-15-43(53)67-50-41(51)20-21-42(50)52/h7,9-10,13-14,16-21,25-28H,6,8,11-12,15,22-24H2,1-5H3,(H5-,51,52,54,55,56,57,58,59,60,61,62,63,64,65)/p+1. The lowest BCUT2D eigenvalue weighted by molar-refractivity contribution is -0.433. The average Bonchev–Trinajstić information content (AvgIpc) is 3.81. The maximum absolute atomic E-state index is 12.8.